The largest absolute Gasteiger partial charge is 0.309 e. The Balaban J connectivity index is 2.98. The summed E-state index contributed by atoms with van der Waals surface area (Å²) in [5.41, 5.74) is 0. The normalized spacial score (nSPS) is 13.0. The number of hydrogen-bond donors (Lipinski definition) is 0. The van der Waals surface area contributed by atoms with Gasteiger partial charge in [0.2, 0.25) is 10.0 Å². The van der Waals surface area contributed by atoms with Crippen molar-refractivity contribution >= 4 is 19.9 Å². The van der Waals surface area contributed by atoms with E-state index >= 15 is 0 Å². The van der Waals surface area contributed by atoms with Crippen LogP contribution in [0.4, 0.5) is 0 Å². The minimum atomic E-state index is -3.60. The summed E-state index contributed by atoms with van der Waals surface area (Å²) < 4.78 is 50.3. The molecule has 0 unspecified atom stereocenters. The Morgan fingerprint density at radius 1 is 0.870 bits per heavy atom. The first kappa shape index (κ1) is 20.1. The molecule has 0 radical (unpaired) electrons. The summed E-state index contributed by atoms with van der Waals surface area (Å²) in [6, 6.07) is 5.46. The summed E-state index contributed by atoms with van der Waals surface area (Å²) in [5.74, 6) is -0.00921. The molecule has 1 rings (SSSR count). The number of nitrogens with zero attached hydrogens (tertiary/aromatic N) is 2. The molecule has 0 N–H and O–H groups in total. The van der Waals surface area contributed by atoms with Gasteiger partial charge in [0.05, 0.1) is 15.5 Å². The third-order valence-corrected chi connectivity index (χ3v) is 7.31. The highest BCUT2D eigenvalue weighted by Gasteiger charge is 2.23. The van der Waals surface area contributed by atoms with E-state index in [-0.39, 0.29) is 15.5 Å². The molecule has 0 aliphatic rings. The van der Waals surface area contributed by atoms with Crippen molar-refractivity contribution in [1.82, 2.24) is 9.21 Å². The van der Waals surface area contributed by atoms with Crippen LogP contribution in [0.15, 0.2) is 34.1 Å². The minimum absolute atomic E-state index is 0.00921. The Kier molecular flexibility index (Phi) is 7.19. The van der Waals surface area contributed by atoms with E-state index in [1.807, 2.05) is 19.0 Å². The Morgan fingerprint density at radius 3 is 1.83 bits per heavy atom. The second-order valence-corrected chi connectivity index (χ2v) is 9.74. The second-order valence-electron chi connectivity index (χ2n) is 5.53. The summed E-state index contributed by atoms with van der Waals surface area (Å²) in [4.78, 5) is 2.28. The highest BCUT2D eigenvalue weighted by molar-refractivity contribution is 7.91. The summed E-state index contributed by atoms with van der Waals surface area (Å²) in [5, 5.41) is 0. The van der Waals surface area contributed by atoms with E-state index in [1.165, 1.54) is 28.6 Å². The molecule has 0 saturated carbocycles. The van der Waals surface area contributed by atoms with Crippen LogP contribution in [-0.4, -0.2) is 65.5 Å². The second kappa shape index (κ2) is 8.23. The van der Waals surface area contributed by atoms with Crippen LogP contribution in [0.3, 0.4) is 0 Å². The molecule has 0 aliphatic heterocycles. The SMILES string of the molecule is CCN(CCCN(C)C)S(=O)(=O)c1ccc(S(=O)(=O)CC)cc1. The van der Waals surface area contributed by atoms with Crippen LogP contribution in [0.2, 0.25) is 0 Å². The zero-order valence-electron chi connectivity index (χ0n) is 14.2. The molecular weight excluding hydrogens is 336 g/mol. The highest BCUT2D eigenvalue weighted by Crippen LogP contribution is 2.19. The quantitative estimate of drug-likeness (QED) is 0.664. The third-order valence-electron chi connectivity index (χ3n) is 3.57. The smallest absolute Gasteiger partial charge is 0.243 e. The van der Waals surface area contributed by atoms with E-state index in [4.69, 9.17) is 0 Å². The van der Waals surface area contributed by atoms with Crippen LogP contribution in [0, 0.1) is 0 Å². The van der Waals surface area contributed by atoms with E-state index in [9.17, 15) is 16.8 Å². The zero-order valence-corrected chi connectivity index (χ0v) is 15.8. The molecule has 0 aromatic heterocycles. The Hall–Kier alpha value is -0.960. The highest BCUT2D eigenvalue weighted by atomic mass is 32.2. The lowest BCUT2D eigenvalue weighted by molar-refractivity contribution is 0.356. The summed E-state index contributed by atoms with van der Waals surface area (Å²) in [6.45, 7) is 4.98. The Morgan fingerprint density at radius 2 is 1.39 bits per heavy atom. The molecule has 0 saturated heterocycles. The van der Waals surface area contributed by atoms with Crippen molar-refractivity contribution in [2.24, 2.45) is 0 Å². The summed E-state index contributed by atoms with van der Waals surface area (Å²) in [7, 11) is -3.04. The number of benzene rings is 1. The molecule has 0 heterocycles. The van der Waals surface area contributed by atoms with Gasteiger partial charge < -0.3 is 4.90 Å². The standard InChI is InChI=1S/C15H26N2O4S2/c1-5-17(13-7-12-16(3)4)23(20,21)15-10-8-14(9-11-15)22(18,19)6-2/h8-11H,5-7,12-13H2,1-4H3. The average molecular weight is 363 g/mol. The number of rotatable bonds is 9. The van der Waals surface area contributed by atoms with Crippen molar-refractivity contribution in [3.05, 3.63) is 24.3 Å². The molecule has 0 atom stereocenters. The van der Waals surface area contributed by atoms with Crippen molar-refractivity contribution in [3.63, 3.8) is 0 Å². The topological polar surface area (TPSA) is 74.8 Å². The van der Waals surface area contributed by atoms with Crippen molar-refractivity contribution < 1.29 is 16.8 Å². The first-order valence-corrected chi connectivity index (χ1v) is 10.7. The molecule has 1 aromatic carbocycles. The van der Waals surface area contributed by atoms with Crippen molar-refractivity contribution in [2.75, 3.05) is 39.5 Å². The lowest BCUT2D eigenvalue weighted by Crippen LogP contribution is -2.33. The van der Waals surface area contributed by atoms with Gasteiger partial charge in [0, 0.05) is 13.1 Å². The van der Waals surface area contributed by atoms with Gasteiger partial charge in [0.25, 0.3) is 0 Å². The van der Waals surface area contributed by atoms with Gasteiger partial charge in [-0.25, -0.2) is 16.8 Å². The Labute approximate surface area is 140 Å². The van der Waals surface area contributed by atoms with Crippen LogP contribution in [0.1, 0.15) is 20.3 Å². The fourth-order valence-corrected chi connectivity index (χ4v) is 4.52. The van der Waals surface area contributed by atoms with Gasteiger partial charge in [-0.05, 0) is 51.3 Å². The van der Waals surface area contributed by atoms with Crippen LogP contribution in [0.25, 0.3) is 0 Å². The zero-order chi connectivity index (χ0) is 17.7. The molecular formula is C15H26N2O4S2. The fourth-order valence-electron chi connectivity index (χ4n) is 2.15. The molecule has 6 nitrogen and oxygen atoms in total. The summed E-state index contributed by atoms with van der Waals surface area (Å²) in [6.07, 6.45) is 0.738. The molecule has 0 fully saturated rings. The first-order chi connectivity index (χ1) is 10.6. The van der Waals surface area contributed by atoms with Crippen molar-refractivity contribution in [2.45, 2.75) is 30.1 Å². The van der Waals surface area contributed by atoms with E-state index < -0.39 is 19.9 Å². The van der Waals surface area contributed by atoms with E-state index in [0.29, 0.717) is 13.1 Å². The lowest BCUT2D eigenvalue weighted by Gasteiger charge is -2.21. The molecule has 23 heavy (non-hydrogen) atoms. The molecule has 8 heteroatoms. The van der Waals surface area contributed by atoms with E-state index in [0.717, 1.165) is 13.0 Å². The average Bonchev–Trinajstić information content (AvgIpc) is 2.51. The van der Waals surface area contributed by atoms with Gasteiger partial charge in [-0.15, -0.1) is 0 Å². The van der Waals surface area contributed by atoms with Gasteiger partial charge in [-0.1, -0.05) is 13.8 Å². The maximum Gasteiger partial charge on any atom is 0.243 e. The maximum atomic E-state index is 12.6. The third kappa shape index (κ3) is 5.27. The monoisotopic (exact) mass is 362 g/mol. The minimum Gasteiger partial charge on any atom is -0.309 e. The van der Waals surface area contributed by atoms with Gasteiger partial charge in [-0.3, -0.25) is 0 Å². The lowest BCUT2D eigenvalue weighted by atomic mass is 10.4. The molecule has 0 bridgehead atoms. The molecule has 132 valence electrons. The number of sulfonamides is 1. The van der Waals surface area contributed by atoms with E-state index in [2.05, 4.69) is 0 Å². The number of sulfone groups is 1. The van der Waals surface area contributed by atoms with Gasteiger partial charge in [0.1, 0.15) is 0 Å². The van der Waals surface area contributed by atoms with Gasteiger partial charge in [-0.2, -0.15) is 4.31 Å². The van der Waals surface area contributed by atoms with Gasteiger partial charge >= 0.3 is 0 Å². The van der Waals surface area contributed by atoms with Crippen LogP contribution < -0.4 is 0 Å². The van der Waals surface area contributed by atoms with E-state index in [1.54, 1.807) is 13.8 Å². The van der Waals surface area contributed by atoms with Gasteiger partial charge in [0.15, 0.2) is 9.84 Å². The van der Waals surface area contributed by atoms with Crippen molar-refractivity contribution in [1.29, 1.82) is 0 Å². The maximum absolute atomic E-state index is 12.6. The molecule has 1 aromatic rings. The number of hydrogen-bond acceptors (Lipinski definition) is 5. The van der Waals surface area contributed by atoms with Crippen LogP contribution in [-0.2, 0) is 19.9 Å². The molecule has 0 aliphatic carbocycles. The first-order valence-electron chi connectivity index (χ1n) is 7.62. The predicted octanol–water partition coefficient (Wildman–Crippen LogP) is 1.44. The predicted molar refractivity (Wildman–Crippen MR) is 91.8 cm³/mol. The molecule has 0 spiro atoms. The summed E-state index contributed by atoms with van der Waals surface area (Å²) >= 11 is 0. The fraction of sp³-hybridized carbons (Fsp3) is 0.600. The van der Waals surface area contributed by atoms with Crippen LogP contribution >= 0.6 is 0 Å². The van der Waals surface area contributed by atoms with Crippen molar-refractivity contribution in [3.8, 4) is 0 Å². The molecule has 0 amide bonds. The Bertz CT molecular complexity index is 695. The van der Waals surface area contributed by atoms with Crippen LogP contribution in [0.5, 0.6) is 0 Å².